The highest BCUT2D eigenvalue weighted by atomic mass is 35.5. The second kappa shape index (κ2) is 5.83. The summed E-state index contributed by atoms with van der Waals surface area (Å²) in [6.07, 6.45) is 3.12. The van der Waals surface area contributed by atoms with Crippen LogP contribution in [0.3, 0.4) is 0 Å². The number of halogens is 1. The molecular formula is C14H18ClNS. The summed E-state index contributed by atoms with van der Waals surface area (Å²) in [4.78, 5) is 4.62. The van der Waals surface area contributed by atoms with E-state index >= 15 is 0 Å². The van der Waals surface area contributed by atoms with Crippen LogP contribution < -0.4 is 0 Å². The summed E-state index contributed by atoms with van der Waals surface area (Å²) in [6, 6.07) is 8.30. The minimum Gasteiger partial charge on any atom is -0.241 e. The van der Waals surface area contributed by atoms with Crippen molar-refractivity contribution in [3.05, 3.63) is 29.3 Å². The molecule has 0 fully saturated rings. The molecule has 3 heteroatoms. The van der Waals surface area contributed by atoms with Crippen molar-refractivity contribution in [3.63, 3.8) is 0 Å². The maximum absolute atomic E-state index is 6.30. The highest BCUT2D eigenvalue weighted by Gasteiger charge is 2.09. The van der Waals surface area contributed by atoms with Gasteiger partial charge in [-0.05, 0) is 30.9 Å². The number of nitrogens with zero attached hydrogens (tertiary/aromatic N) is 1. The number of hydrogen-bond acceptors (Lipinski definition) is 2. The molecule has 2 rings (SSSR count). The predicted octanol–water partition coefficient (Wildman–Crippen LogP) is 4.88. The van der Waals surface area contributed by atoms with Gasteiger partial charge in [0, 0.05) is 11.8 Å². The van der Waals surface area contributed by atoms with Crippen LogP contribution in [-0.4, -0.2) is 10.4 Å². The summed E-state index contributed by atoms with van der Waals surface area (Å²) in [7, 11) is 0. The minimum absolute atomic E-state index is 0.280. The number of fused-ring (bicyclic) bond motifs is 1. The predicted molar refractivity (Wildman–Crippen MR) is 77.0 cm³/mol. The second-order valence-corrected chi connectivity index (χ2v) is 6.57. The Labute approximate surface area is 112 Å². The van der Waals surface area contributed by atoms with Crippen LogP contribution in [0.4, 0.5) is 0 Å². The zero-order chi connectivity index (χ0) is 12.3. The summed E-state index contributed by atoms with van der Waals surface area (Å²) in [5.74, 6) is 0.674. The van der Waals surface area contributed by atoms with Gasteiger partial charge in [-0.1, -0.05) is 26.0 Å². The summed E-state index contributed by atoms with van der Waals surface area (Å²) in [5, 5.41) is 1.49. The van der Waals surface area contributed by atoms with Crippen molar-refractivity contribution in [2.24, 2.45) is 5.92 Å². The molecule has 92 valence electrons. The molecule has 0 aliphatic carbocycles. The van der Waals surface area contributed by atoms with Crippen molar-refractivity contribution < 1.29 is 0 Å². The molecule has 1 aromatic carbocycles. The Balaban J connectivity index is 1.95. The average Bonchev–Trinajstić information content (AvgIpc) is 2.68. The average molecular weight is 268 g/mol. The van der Waals surface area contributed by atoms with E-state index in [9.17, 15) is 0 Å². The van der Waals surface area contributed by atoms with Gasteiger partial charge in [-0.2, -0.15) is 0 Å². The lowest BCUT2D eigenvalue weighted by molar-refractivity contribution is 0.544. The third kappa shape index (κ3) is 3.68. The molecule has 1 heterocycles. The fourth-order valence-corrected chi connectivity index (χ4v) is 3.38. The first-order valence-electron chi connectivity index (χ1n) is 6.13. The SMILES string of the molecule is CC(C)CC(Cl)CCc1nc2ccccc2s1. The summed E-state index contributed by atoms with van der Waals surface area (Å²) < 4.78 is 1.28. The van der Waals surface area contributed by atoms with Crippen molar-refractivity contribution in [2.75, 3.05) is 0 Å². The first-order valence-corrected chi connectivity index (χ1v) is 7.39. The number of hydrogen-bond donors (Lipinski definition) is 0. The van der Waals surface area contributed by atoms with E-state index in [0.717, 1.165) is 24.8 Å². The highest BCUT2D eigenvalue weighted by Crippen LogP contribution is 2.24. The van der Waals surface area contributed by atoms with Gasteiger partial charge < -0.3 is 0 Å². The van der Waals surface area contributed by atoms with E-state index in [1.54, 1.807) is 11.3 Å². The maximum Gasteiger partial charge on any atom is 0.0939 e. The highest BCUT2D eigenvalue weighted by molar-refractivity contribution is 7.18. The molecule has 0 radical (unpaired) electrons. The van der Waals surface area contributed by atoms with Crippen LogP contribution in [0.1, 0.15) is 31.7 Å². The van der Waals surface area contributed by atoms with E-state index in [0.29, 0.717) is 5.92 Å². The Kier molecular flexibility index (Phi) is 4.41. The zero-order valence-corrected chi connectivity index (χ0v) is 11.9. The number of para-hydroxylation sites is 1. The Hall–Kier alpha value is -0.600. The number of rotatable bonds is 5. The summed E-state index contributed by atoms with van der Waals surface area (Å²) >= 11 is 8.09. The number of benzene rings is 1. The van der Waals surface area contributed by atoms with E-state index in [-0.39, 0.29) is 5.38 Å². The monoisotopic (exact) mass is 267 g/mol. The lowest BCUT2D eigenvalue weighted by Crippen LogP contribution is -2.04. The largest absolute Gasteiger partial charge is 0.241 e. The summed E-state index contributed by atoms with van der Waals surface area (Å²) in [6.45, 7) is 4.43. The fourth-order valence-electron chi connectivity index (χ4n) is 1.94. The van der Waals surface area contributed by atoms with E-state index in [1.165, 1.54) is 9.71 Å². The molecule has 0 N–H and O–H groups in total. The Bertz CT molecular complexity index is 445. The minimum atomic E-state index is 0.280. The van der Waals surface area contributed by atoms with Crippen molar-refractivity contribution in [1.82, 2.24) is 4.98 Å². The van der Waals surface area contributed by atoms with Crippen LogP contribution in [0.25, 0.3) is 10.2 Å². The second-order valence-electron chi connectivity index (χ2n) is 4.84. The number of thiazole rings is 1. The van der Waals surface area contributed by atoms with Crippen LogP contribution in [0.2, 0.25) is 0 Å². The standard InChI is InChI=1S/C14H18ClNS/c1-10(2)9-11(15)7-8-14-16-12-5-3-4-6-13(12)17-14/h3-6,10-11H,7-9H2,1-2H3. The molecule has 1 atom stereocenters. The van der Waals surface area contributed by atoms with Crippen LogP contribution >= 0.6 is 22.9 Å². The fraction of sp³-hybridized carbons (Fsp3) is 0.500. The Morgan fingerprint density at radius 2 is 2.06 bits per heavy atom. The third-order valence-corrected chi connectivity index (χ3v) is 4.23. The lowest BCUT2D eigenvalue weighted by Gasteiger charge is -2.10. The van der Waals surface area contributed by atoms with Gasteiger partial charge in [0.05, 0.1) is 15.2 Å². The number of aromatic nitrogens is 1. The van der Waals surface area contributed by atoms with E-state index in [1.807, 2.05) is 6.07 Å². The van der Waals surface area contributed by atoms with Crippen molar-refractivity contribution in [2.45, 2.75) is 38.5 Å². The molecule has 2 aromatic rings. The summed E-state index contributed by atoms with van der Waals surface area (Å²) in [5.41, 5.74) is 1.11. The molecule has 0 saturated carbocycles. The van der Waals surface area contributed by atoms with Crippen LogP contribution in [0.5, 0.6) is 0 Å². The molecule has 17 heavy (non-hydrogen) atoms. The number of alkyl halides is 1. The van der Waals surface area contributed by atoms with Gasteiger partial charge in [0.15, 0.2) is 0 Å². The van der Waals surface area contributed by atoms with Crippen LogP contribution in [0.15, 0.2) is 24.3 Å². The van der Waals surface area contributed by atoms with Crippen LogP contribution in [0, 0.1) is 5.92 Å². The van der Waals surface area contributed by atoms with E-state index < -0.39 is 0 Å². The first-order chi connectivity index (χ1) is 8.15. The van der Waals surface area contributed by atoms with Gasteiger partial charge in [-0.3, -0.25) is 0 Å². The van der Waals surface area contributed by atoms with Gasteiger partial charge >= 0.3 is 0 Å². The smallest absolute Gasteiger partial charge is 0.0939 e. The third-order valence-electron chi connectivity index (χ3n) is 2.74. The van der Waals surface area contributed by atoms with Crippen LogP contribution in [-0.2, 0) is 6.42 Å². The van der Waals surface area contributed by atoms with E-state index in [2.05, 4.69) is 37.0 Å². The van der Waals surface area contributed by atoms with Crippen molar-refractivity contribution >= 4 is 33.2 Å². The van der Waals surface area contributed by atoms with Gasteiger partial charge in [0.2, 0.25) is 0 Å². The zero-order valence-electron chi connectivity index (χ0n) is 10.3. The molecule has 0 aliphatic rings. The molecule has 1 nitrogen and oxygen atoms in total. The molecule has 0 aliphatic heterocycles. The lowest BCUT2D eigenvalue weighted by atomic mass is 10.1. The van der Waals surface area contributed by atoms with E-state index in [4.69, 9.17) is 11.6 Å². The molecule has 0 saturated heterocycles. The quantitative estimate of drug-likeness (QED) is 0.704. The molecule has 1 aromatic heterocycles. The molecule has 0 amide bonds. The maximum atomic E-state index is 6.30. The first kappa shape index (κ1) is 12.8. The van der Waals surface area contributed by atoms with Gasteiger partial charge in [-0.25, -0.2) is 4.98 Å². The Morgan fingerprint density at radius 1 is 1.29 bits per heavy atom. The molecule has 0 spiro atoms. The molecule has 0 bridgehead atoms. The normalized spacial score (nSPS) is 13.4. The number of aryl methyl sites for hydroxylation is 1. The van der Waals surface area contributed by atoms with Gasteiger partial charge in [-0.15, -0.1) is 22.9 Å². The van der Waals surface area contributed by atoms with Crippen molar-refractivity contribution in [3.8, 4) is 0 Å². The molecular weight excluding hydrogens is 250 g/mol. The van der Waals surface area contributed by atoms with Gasteiger partial charge in [0.25, 0.3) is 0 Å². The molecule has 1 unspecified atom stereocenters. The van der Waals surface area contributed by atoms with Crippen molar-refractivity contribution in [1.29, 1.82) is 0 Å². The van der Waals surface area contributed by atoms with Gasteiger partial charge in [0.1, 0.15) is 0 Å². The topological polar surface area (TPSA) is 12.9 Å². The Morgan fingerprint density at radius 3 is 2.76 bits per heavy atom.